The van der Waals surface area contributed by atoms with Crippen molar-refractivity contribution in [2.45, 2.75) is 46.5 Å². The molecule has 0 saturated heterocycles. The van der Waals surface area contributed by atoms with E-state index in [1.807, 2.05) is 34.6 Å². The molecule has 0 aliphatic heterocycles. The molecular weight excluding hydrogens is 263 g/mol. The van der Waals surface area contributed by atoms with E-state index in [1.165, 1.54) is 12.1 Å². The summed E-state index contributed by atoms with van der Waals surface area (Å²) in [6.07, 6.45) is -0.659. The number of rotatable bonds is 5. The van der Waals surface area contributed by atoms with Gasteiger partial charge >= 0.3 is 5.97 Å². The van der Waals surface area contributed by atoms with Gasteiger partial charge in [-0.1, -0.05) is 13.8 Å². The highest BCUT2D eigenvalue weighted by molar-refractivity contribution is 5.88. The molecule has 1 N–H and O–H groups in total. The molecule has 1 rings (SSSR count). The van der Waals surface area contributed by atoms with E-state index in [9.17, 15) is 9.18 Å². The Bertz CT molecular complexity index is 477. The van der Waals surface area contributed by atoms with Crippen molar-refractivity contribution in [3.8, 4) is 5.75 Å². The number of carboxylic acid groups (broad SMARTS) is 1. The maximum atomic E-state index is 13.7. The zero-order valence-electron chi connectivity index (χ0n) is 12.4. The number of hydrogen-bond donors (Lipinski definition) is 1. The molecule has 1 atom stereocenters. The summed E-state index contributed by atoms with van der Waals surface area (Å²) >= 11 is 0. The summed E-state index contributed by atoms with van der Waals surface area (Å²) in [5, 5.41) is 8.92. The molecule has 20 heavy (non-hydrogen) atoms. The average molecular weight is 284 g/mol. The van der Waals surface area contributed by atoms with Gasteiger partial charge in [-0.3, -0.25) is 0 Å². The molecule has 1 aromatic carbocycles. The summed E-state index contributed by atoms with van der Waals surface area (Å²) in [5.41, 5.74) is -0.477. The predicted molar refractivity (Wildman–Crippen MR) is 73.5 cm³/mol. The Hall–Kier alpha value is -1.62. The monoisotopic (exact) mass is 284 g/mol. The van der Waals surface area contributed by atoms with Crippen LogP contribution in [0.1, 0.15) is 45.0 Å². The fourth-order valence-corrected chi connectivity index (χ4v) is 1.50. The number of aromatic carboxylic acids is 1. The minimum Gasteiger partial charge on any atom is -0.478 e. The van der Waals surface area contributed by atoms with Crippen molar-refractivity contribution in [2.75, 3.05) is 0 Å². The second kappa shape index (κ2) is 6.22. The van der Waals surface area contributed by atoms with Crippen molar-refractivity contribution in [1.82, 2.24) is 0 Å². The van der Waals surface area contributed by atoms with E-state index >= 15 is 0 Å². The van der Waals surface area contributed by atoms with Gasteiger partial charge < -0.3 is 14.6 Å². The van der Waals surface area contributed by atoms with Crippen molar-refractivity contribution >= 4 is 5.97 Å². The fraction of sp³-hybridized carbons (Fsp3) is 0.533. The van der Waals surface area contributed by atoms with Gasteiger partial charge in [0.15, 0.2) is 11.6 Å². The molecule has 5 heteroatoms. The highest BCUT2D eigenvalue weighted by Gasteiger charge is 2.24. The lowest BCUT2D eigenvalue weighted by molar-refractivity contribution is -0.172. The molecular formula is C15H21FO4. The van der Waals surface area contributed by atoms with Crippen LogP contribution >= 0.6 is 0 Å². The molecule has 0 saturated carbocycles. The van der Waals surface area contributed by atoms with Gasteiger partial charge in [0.2, 0.25) is 6.29 Å². The van der Waals surface area contributed by atoms with Crippen LogP contribution in [0.25, 0.3) is 0 Å². The first-order valence-electron chi connectivity index (χ1n) is 6.47. The number of hydrogen-bond acceptors (Lipinski definition) is 3. The quantitative estimate of drug-likeness (QED) is 0.838. The number of carbonyl (C=O) groups is 1. The van der Waals surface area contributed by atoms with Crippen LogP contribution in [0, 0.1) is 11.7 Å². The molecule has 0 aliphatic carbocycles. The predicted octanol–water partition coefficient (Wildman–Crippen LogP) is 3.70. The Kier molecular flexibility index (Phi) is 5.11. The molecule has 1 aromatic rings. The molecule has 0 fully saturated rings. The van der Waals surface area contributed by atoms with Crippen molar-refractivity contribution in [2.24, 2.45) is 5.92 Å². The number of ether oxygens (including phenoxy) is 2. The first-order valence-corrected chi connectivity index (χ1v) is 6.47. The molecule has 0 spiro atoms. The molecule has 0 radical (unpaired) electrons. The van der Waals surface area contributed by atoms with Gasteiger partial charge in [-0.2, -0.15) is 0 Å². The van der Waals surface area contributed by atoms with Crippen LogP contribution in [0.3, 0.4) is 0 Å². The van der Waals surface area contributed by atoms with Crippen molar-refractivity contribution in [1.29, 1.82) is 0 Å². The third-order valence-corrected chi connectivity index (χ3v) is 2.44. The zero-order chi connectivity index (χ0) is 15.5. The van der Waals surface area contributed by atoms with Crippen LogP contribution in [0.2, 0.25) is 0 Å². The van der Waals surface area contributed by atoms with Crippen LogP contribution in [0.4, 0.5) is 4.39 Å². The molecule has 0 heterocycles. The maximum absolute atomic E-state index is 13.7. The van der Waals surface area contributed by atoms with E-state index in [-0.39, 0.29) is 17.2 Å². The number of halogens is 1. The van der Waals surface area contributed by atoms with Crippen molar-refractivity contribution in [3.05, 3.63) is 29.6 Å². The van der Waals surface area contributed by atoms with Crippen LogP contribution < -0.4 is 4.74 Å². The van der Waals surface area contributed by atoms with E-state index in [1.54, 1.807) is 0 Å². The summed E-state index contributed by atoms with van der Waals surface area (Å²) < 4.78 is 25.0. The number of carboxylic acids is 1. The Morgan fingerprint density at radius 1 is 1.30 bits per heavy atom. The summed E-state index contributed by atoms with van der Waals surface area (Å²) in [5.74, 6) is -1.87. The SMILES string of the molecule is CC(C)C(Oc1cc(C(=O)O)ccc1F)OC(C)(C)C. The highest BCUT2D eigenvalue weighted by Crippen LogP contribution is 2.25. The standard InChI is InChI=1S/C15H21FO4/c1-9(2)14(20-15(3,4)5)19-12-8-10(13(17)18)6-7-11(12)16/h6-9,14H,1-5H3,(H,17,18). The van der Waals surface area contributed by atoms with Gasteiger partial charge in [0.25, 0.3) is 0 Å². The largest absolute Gasteiger partial charge is 0.478 e. The molecule has 4 nitrogen and oxygen atoms in total. The second-order valence-electron chi connectivity index (χ2n) is 5.91. The average Bonchev–Trinajstić information content (AvgIpc) is 2.28. The van der Waals surface area contributed by atoms with E-state index in [4.69, 9.17) is 14.6 Å². The minimum absolute atomic E-state index is 0.0119. The Morgan fingerprint density at radius 3 is 2.35 bits per heavy atom. The maximum Gasteiger partial charge on any atom is 0.335 e. The van der Waals surface area contributed by atoms with Crippen LogP contribution in [-0.4, -0.2) is 23.0 Å². The Morgan fingerprint density at radius 2 is 1.90 bits per heavy atom. The Balaban J connectivity index is 2.99. The first kappa shape index (κ1) is 16.4. The summed E-state index contributed by atoms with van der Waals surface area (Å²) in [6, 6.07) is 3.44. The topological polar surface area (TPSA) is 55.8 Å². The fourth-order valence-electron chi connectivity index (χ4n) is 1.50. The van der Waals surface area contributed by atoms with Crippen LogP contribution in [0.5, 0.6) is 5.75 Å². The van der Waals surface area contributed by atoms with E-state index in [0.29, 0.717) is 0 Å². The van der Waals surface area contributed by atoms with E-state index in [2.05, 4.69) is 0 Å². The zero-order valence-corrected chi connectivity index (χ0v) is 12.4. The summed E-state index contributed by atoms with van der Waals surface area (Å²) in [4.78, 5) is 10.9. The molecule has 0 aliphatic rings. The smallest absolute Gasteiger partial charge is 0.335 e. The molecule has 112 valence electrons. The first-order chi connectivity index (χ1) is 9.10. The van der Waals surface area contributed by atoms with Gasteiger partial charge in [-0.05, 0) is 39.0 Å². The van der Waals surface area contributed by atoms with Crippen LogP contribution in [0.15, 0.2) is 18.2 Å². The highest BCUT2D eigenvalue weighted by atomic mass is 19.1. The second-order valence-corrected chi connectivity index (χ2v) is 5.91. The Labute approximate surface area is 118 Å². The van der Waals surface area contributed by atoms with Gasteiger partial charge in [-0.15, -0.1) is 0 Å². The third-order valence-electron chi connectivity index (χ3n) is 2.44. The molecule has 0 bridgehead atoms. The third kappa shape index (κ3) is 4.81. The lowest BCUT2D eigenvalue weighted by atomic mass is 10.1. The normalized spacial score (nSPS) is 13.3. The van der Waals surface area contributed by atoms with Gasteiger partial charge in [0.1, 0.15) is 0 Å². The number of benzene rings is 1. The molecule has 0 aromatic heterocycles. The lowest BCUT2D eigenvalue weighted by Crippen LogP contribution is -2.35. The van der Waals surface area contributed by atoms with Gasteiger partial charge in [0, 0.05) is 5.92 Å². The van der Waals surface area contributed by atoms with E-state index < -0.39 is 23.7 Å². The van der Waals surface area contributed by atoms with Crippen molar-refractivity contribution < 1.29 is 23.8 Å². The molecule has 1 unspecified atom stereocenters. The lowest BCUT2D eigenvalue weighted by Gasteiger charge is -2.30. The summed E-state index contributed by atoms with van der Waals surface area (Å²) in [7, 11) is 0. The van der Waals surface area contributed by atoms with Crippen molar-refractivity contribution in [3.63, 3.8) is 0 Å². The van der Waals surface area contributed by atoms with E-state index in [0.717, 1.165) is 6.07 Å². The molecule has 0 amide bonds. The van der Waals surface area contributed by atoms with Gasteiger partial charge in [0.05, 0.1) is 11.2 Å². The van der Waals surface area contributed by atoms with Crippen LogP contribution in [-0.2, 0) is 4.74 Å². The minimum atomic E-state index is -1.13. The van der Waals surface area contributed by atoms with Gasteiger partial charge in [-0.25, -0.2) is 9.18 Å². The summed E-state index contributed by atoms with van der Waals surface area (Å²) in [6.45, 7) is 9.38.